The Bertz CT molecular complexity index is 178. The Labute approximate surface area is 117 Å². The number of rotatable bonds is 8. The summed E-state index contributed by atoms with van der Waals surface area (Å²) >= 11 is 0. The smallest absolute Gasteiger partial charge is 0.305 e. The molecule has 0 N–H and O–H groups in total. The number of carbonyl (C=O) groups excluding carboxylic acids is 1. The van der Waals surface area contributed by atoms with Crippen molar-refractivity contribution in [3.63, 3.8) is 0 Å². The van der Waals surface area contributed by atoms with Gasteiger partial charge in [-0.2, -0.15) is 0 Å². The molecule has 0 atom stereocenters. The quantitative estimate of drug-likeness (QED) is 0.250. The van der Waals surface area contributed by atoms with Crippen molar-refractivity contribution in [1.29, 1.82) is 0 Å². The largest absolute Gasteiger partial charge is 1.00 e. The SMILES string of the molecule is CCCCCCC(=O)OCC[N+](C)(C)C.[I-]. The van der Waals surface area contributed by atoms with E-state index in [0.29, 0.717) is 13.0 Å². The molecule has 0 saturated heterocycles. The zero-order chi connectivity index (χ0) is 11.7. The Hall–Kier alpha value is 0.160. The van der Waals surface area contributed by atoms with Crippen LogP contribution in [0.4, 0.5) is 0 Å². The third-order valence-corrected chi connectivity index (χ3v) is 2.26. The first-order valence-corrected chi connectivity index (χ1v) is 5.92. The van der Waals surface area contributed by atoms with Gasteiger partial charge in [-0.3, -0.25) is 4.79 Å². The molecule has 0 radical (unpaired) electrons. The zero-order valence-electron chi connectivity index (χ0n) is 11.1. The number of hydrogen-bond donors (Lipinski definition) is 0. The average Bonchev–Trinajstić information content (AvgIpc) is 2.10. The van der Waals surface area contributed by atoms with Crippen LogP contribution in [0.1, 0.15) is 39.0 Å². The fraction of sp³-hybridized carbons (Fsp3) is 0.917. The summed E-state index contributed by atoms with van der Waals surface area (Å²) in [7, 11) is 6.28. The number of nitrogens with zero attached hydrogens (tertiary/aromatic N) is 1. The molecule has 0 bridgehead atoms. The molecule has 0 fully saturated rings. The molecule has 0 saturated carbocycles. The van der Waals surface area contributed by atoms with E-state index in [2.05, 4.69) is 28.1 Å². The molecule has 0 aliphatic rings. The molecule has 16 heavy (non-hydrogen) atoms. The number of hydrogen-bond acceptors (Lipinski definition) is 2. The first kappa shape index (κ1) is 18.5. The lowest BCUT2D eigenvalue weighted by molar-refractivity contribution is -0.870. The van der Waals surface area contributed by atoms with Crippen LogP contribution in [-0.4, -0.2) is 44.7 Å². The molecule has 0 heterocycles. The minimum Gasteiger partial charge on any atom is -1.00 e. The number of likely N-dealkylation sites (N-methyl/N-ethyl adjacent to an activating group) is 1. The fourth-order valence-corrected chi connectivity index (χ4v) is 1.20. The highest BCUT2D eigenvalue weighted by atomic mass is 127. The van der Waals surface area contributed by atoms with Crippen molar-refractivity contribution in [2.45, 2.75) is 39.0 Å². The van der Waals surface area contributed by atoms with E-state index < -0.39 is 0 Å². The van der Waals surface area contributed by atoms with Crippen LogP contribution in [0.2, 0.25) is 0 Å². The monoisotopic (exact) mass is 343 g/mol. The molecule has 0 aromatic rings. The van der Waals surface area contributed by atoms with E-state index in [4.69, 9.17) is 4.74 Å². The van der Waals surface area contributed by atoms with E-state index >= 15 is 0 Å². The number of ether oxygens (including phenoxy) is 1. The highest BCUT2D eigenvalue weighted by Gasteiger charge is 2.08. The van der Waals surface area contributed by atoms with Crippen LogP contribution in [0.3, 0.4) is 0 Å². The molecular weight excluding hydrogens is 317 g/mol. The Morgan fingerprint density at radius 2 is 1.75 bits per heavy atom. The predicted molar refractivity (Wildman–Crippen MR) is 62.6 cm³/mol. The summed E-state index contributed by atoms with van der Waals surface area (Å²) in [5, 5.41) is 0. The van der Waals surface area contributed by atoms with Gasteiger partial charge in [-0.1, -0.05) is 26.2 Å². The summed E-state index contributed by atoms with van der Waals surface area (Å²) in [6.07, 6.45) is 5.11. The van der Waals surface area contributed by atoms with Crippen molar-refractivity contribution in [2.75, 3.05) is 34.3 Å². The molecule has 98 valence electrons. The molecular formula is C12H26INO2. The van der Waals surface area contributed by atoms with E-state index in [9.17, 15) is 4.79 Å². The fourth-order valence-electron chi connectivity index (χ4n) is 1.20. The molecule has 0 aromatic heterocycles. The number of carbonyl (C=O) groups is 1. The Kier molecular flexibility index (Phi) is 12.0. The average molecular weight is 343 g/mol. The number of unbranched alkanes of at least 4 members (excludes halogenated alkanes) is 3. The summed E-state index contributed by atoms with van der Waals surface area (Å²) in [6.45, 7) is 3.58. The van der Waals surface area contributed by atoms with Crippen LogP contribution in [0.25, 0.3) is 0 Å². The lowest BCUT2D eigenvalue weighted by atomic mass is 10.2. The lowest BCUT2D eigenvalue weighted by Crippen LogP contribution is -3.00. The van der Waals surface area contributed by atoms with Gasteiger partial charge in [0.2, 0.25) is 0 Å². The van der Waals surface area contributed by atoms with Gasteiger partial charge in [0.25, 0.3) is 0 Å². The van der Waals surface area contributed by atoms with Gasteiger partial charge in [0.05, 0.1) is 21.1 Å². The van der Waals surface area contributed by atoms with E-state index in [1.54, 1.807) is 0 Å². The molecule has 0 aromatic carbocycles. The maximum atomic E-state index is 11.3. The van der Waals surface area contributed by atoms with E-state index in [0.717, 1.165) is 23.9 Å². The Morgan fingerprint density at radius 1 is 1.12 bits per heavy atom. The van der Waals surface area contributed by atoms with Gasteiger partial charge in [-0.05, 0) is 6.42 Å². The van der Waals surface area contributed by atoms with Gasteiger partial charge in [-0.25, -0.2) is 0 Å². The van der Waals surface area contributed by atoms with Crippen LogP contribution in [0.15, 0.2) is 0 Å². The van der Waals surface area contributed by atoms with Crippen LogP contribution < -0.4 is 24.0 Å². The standard InChI is InChI=1S/C12H26NO2.HI/c1-5-6-7-8-9-12(14)15-11-10-13(2,3)4;/h5-11H2,1-4H3;1H/q+1;/p-1. The topological polar surface area (TPSA) is 26.3 Å². The van der Waals surface area contributed by atoms with Crippen molar-refractivity contribution >= 4 is 5.97 Å². The van der Waals surface area contributed by atoms with Crippen molar-refractivity contribution in [3.05, 3.63) is 0 Å². The zero-order valence-corrected chi connectivity index (χ0v) is 13.2. The van der Waals surface area contributed by atoms with Crippen LogP contribution in [-0.2, 0) is 9.53 Å². The van der Waals surface area contributed by atoms with E-state index in [-0.39, 0.29) is 29.9 Å². The Morgan fingerprint density at radius 3 is 2.25 bits per heavy atom. The summed E-state index contributed by atoms with van der Waals surface area (Å²) in [5.74, 6) is -0.0421. The van der Waals surface area contributed by atoms with Gasteiger partial charge < -0.3 is 33.2 Å². The second-order valence-corrected chi connectivity index (χ2v) is 5.05. The highest BCUT2D eigenvalue weighted by Crippen LogP contribution is 2.03. The maximum absolute atomic E-state index is 11.3. The number of halogens is 1. The van der Waals surface area contributed by atoms with Gasteiger partial charge in [0, 0.05) is 6.42 Å². The minimum atomic E-state index is -0.0421. The molecule has 4 heteroatoms. The Balaban J connectivity index is 0. The second kappa shape index (κ2) is 10.3. The minimum absolute atomic E-state index is 0. The molecule has 0 unspecified atom stereocenters. The molecule has 0 aliphatic heterocycles. The highest BCUT2D eigenvalue weighted by molar-refractivity contribution is 5.69. The summed E-state index contributed by atoms with van der Waals surface area (Å²) in [5.41, 5.74) is 0. The van der Waals surface area contributed by atoms with Crippen molar-refractivity contribution in [1.82, 2.24) is 0 Å². The normalized spacial score (nSPS) is 10.8. The predicted octanol–water partition coefficient (Wildman–Crippen LogP) is -0.790. The molecule has 0 spiro atoms. The van der Waals surface area contributed by atoms with Crippen LogP contribution in [0, 0.1) is 0 Å². The van der Waals surface area contributed by atoms with Crippen molar-refractivity contribution in [2.24, 2.45) is 0 Å². The van der Waals surface area contributed by atoms with E-state index in [1.165, 1.54) is 12.8 Å². The van der Waals surface area contributed by atoms with Gasteiger partial charge in [0.1, 0.15) is 13.2 Å². The molecule has 0 aliphatic carbocycles. The van der Waals surface area contributed by atoms with Gasteiger partial charge >= 0.3 is 5.97 Å². The molecule has 0 rings (SSSR count). The summed E-state index contributed by atoms with van der Waals surface area (Å²) < 4.78 is 5.98. The van der Waals surface area contributed by atoms with Crippen molar-refractivity contribution < 1.29 is 38.0 Å². The first-order valence-electron chi connectivity index (χ1n) is 5.92. The van der Waals surface area contributed by atoms with Crippen molar-refractivity contribution in [3.8, 4) is 0 Å². The maximum Gasteiger partial charge on any atom is 0.305 e. The molecule has 0 amide bonds. The molecule has 3 nitrogen and oxygen atoms in total. The second-order valence-electron chi connectivity index (χ2n) is 5.05. The first-order chi connectivity index (χ1) is 6.95. The number of esters is 1. The van der Waals surface area contributed by atoms with Gasteiger partial charge in [-0.15, -0.1) is 0 Å². The van der Waals surface area contributed by atoms with Crippen LogP contribution in [0.5, 0.6) is 0 Å². The van der Waals surface area contributed by atoms with Crippen LogP contribution >= 0.6 is 0 Å². The summed E-state index contributed by atoms with van der Waals surface area (Å²) in [4.78, 5) is 11.3. The lowest BCUT2D eigenvalue weighted by Gasteiger charge is -2.23. The third-order valence-electron chi connectivity index (χ3n) is 2.26. The van der Waals surface area contributed by atoms with Gasteiger partial charge in [0.15, 0.2) is 0 Å². The number of quaternary nitrogens is 1. The third kappa shape index (κ3) is 14.2. The summed E-state index contributed by atoms with van der Waals surface area (Å²) in [6, 6.07) is 0. The van der Waals surface area contributed by atoms with E-state index in [1.807, 2.05) is 0 Å².